The zero-order chi connectivity index (χ0) is 14.1. The van der Waals surface area contributed by atoms with Gasteiger partial charge in [0.2, 0.25) is 0 Å². The van der Waals surface area contributed by atoms with E-state index >= 15 is 0 Å². The molecule has 0 saturated carbocycles. The molecule has 1 aromatic rings. The highest BCUT2D eigenvalue weighted by molar-refractivity contribution is 5.94. The molecule has 0 fully saturated rings. The summed E-state index contributed by atoms with van der Waals surface area (Å²) < 4.78 is 0. The second-order valence-electron chi connectivity index (χ2n) is 4.00. The first-order valence-corrected chi connectivity index (χ1v) is 6.32. The molecule has 0 radical (unpaired) electrons. The van der Waals surface area contributed by atoms with E-state index < -0.39 is 0 Å². The molecular weight excluding hydrogens is 242 g/mol. The Labute approximate surface area is 113 Å². The molecule has 0 aromatic heterocycles. The van der Waals surface area contributed by atoms with Crippen molar-refractivity contribution in [2.24, 2.45) is 0 Å². The summed E-state index contributed by atoms with van der Waals surface area (Å²) in [5.41, 5.74) is 1.37. The van der Waals surface area contributed by atoms with Gasteiger partial charge in [0.1, 0.15) is 6.61 Å². The number of nitrogens with zero attached hydrogens (tertiary/aromatic N) is 1. The average Bonchev–Trinajstić information content (AvgIpc) is 2.46. The molecule has 0 heterocycles. The van der Waals surface area contributed by atoms with E-state index in [4.69, 9.17) is 10.2 Å². The molecule has 1 amide bonds. The lowest BCUT2D eigenvalue weighted by atomic mass is 10.1. The van der Waals surface area contributed by atoms with Gasteiger partial charge >= 0.3 is 0 Å². The molecule has 0 aliphatic carbocycles. The predicted octanol–water partition coefficient (Wildman–Crippen LogP) is 0.875. The summed E-state index contributed by atoms with van der Waals surface area (Å²) in [4.78, 5) is 13.9. The minimum Gasteiger partial charge on any atom is -0.396 e. The molecular formula is C15H19NO3. The number of aliphatic hydroxyl groups is 2. The van der Waals surface area contributed by atoms with Crippen LogP contribution in [-0.4, -0.2) is 47.3 Å². The van der Waals surface area contributed by atoms with Crippen molar-refractivity contribution >= 4 is 5.91 Å². The second-order valence-corrected chi connectivity index (χ2v) is 4.00. The van der Waals surface area contributed by atoms with Crippen molar-refractivity contribution in [3.8, 4) is 11.8 Å². The molecule has 0 bridgehead atoms. The summed E-state index contributed by atoms with van der Waals surface area (Å²) in [6.07, 6.45) is 0.583. The highest BCUT2D eigenvalue weighted by Crippen LogP contribution is 2.07. The molecule has 0 atom stereocenters. The van der Waals surface area contributed by atoms with Gasteiger partial charge in [-0.1, -0.05) is 11.8 Å². The zero-order valence-electron chi connectivity index (χ0n) is 11.1. The van der Waals surface area contributed by atoms with Gasteiger partial charge in [0.05, 0.1) is 0 Å². The summed E-state index contributed by atoms with van der Waals surface area (Å²) in [7, 11) is 0. The van der Waals surface area contributed by atoms with E-state index in [1.807, 2.05) is 6.92 Å². The smallest absolute Gasteiger partial charge is 0.253 e. The molecule has 0 saturated heterocycles. The molecule has 0 aliphatic heterocycles. The van der Waals surface area contributed by atoms with Crippen LogP contribution in [0.15, 0.2) is 24.3 Å². The van der Waals surface area contributed by atoms with Crippen molar-refractivity contribution in [3.63, 3.8) is 0 Å². The first kappa shape index (κ1) is 15.2. The van der Waals surface area contributed by atoms with Gasteiger partial charge in [0, 0.05) is 30.8 Å². The third-order valence-electron chi connectivity index (χ3n) is 2.70. The van der Waals surface area contributed by atoms with Gasteiger partial charge in [0.15, 0.2) is 0 Å². The van der Waals surface area contributed by atoms with Crippen LogP contribution in [0.4, 0.5) is 0 Å². The van der Waals surface area contributed by atoms with Crippen molar-refractivity contribution in [1.29, 1.82) is 0 Å². The maximum atomic E-state index is 12.2. The molecule has 2 N–H and O–H groups in total. The lowest BCUT2D eigenvalue weighted by Crippen LogP contribution is -2.32. The van der Waals surface area contributed by atoms with E-state index in [0.717, 1.165) is 5.56 Å². The van der Waals surface area contributed by atoms with Crippen molar-refractivity contribution < 1.29 is 15.0 Å². The van der Waals surface area contributed by atoms with Gasteiger partial charge in [-0.25, -0.2) is 0 Å². The Balaban J connectivity index is 2.75. The maximum absolute atomic E-state index is 12.2. The Morgan fingerprint density at radius 2 is 1.95 bits per heavy atom. The Bertz CT molecular complexity index is 457. The van der Waals surface area contributed by atoms with Gasteiger partial charge < -0.3 is 15.1 Å². The molecule has 0 spiro atoms. The molecule has 19 heavy (non-hydrogen) atoms. The van der Waals surface area contributed by atoms with Gasteiger partial charge in [-0.2, -0.15) is 0 Å². The fourth-order valence-corrected chi connectivity index (χ4v) is 1.69. The number of carbonyl (C=O) groups is 1. The summed E-state index contributed by atoms with van der Waals surface area (Å²) in [6.45, 7) is 2.99. The Hall–Kier alpha value is -1.83. The van der Waals surface area contributed by atoms with E-state index in [1.165, 1.54) is 0 Å². The van der Waals surface area contributed by atoms with E-state index in [1.54, 1.807) is 29.2 Å². The van der Waals surface area contributed by atoms with E-state index in [-0.39, 0.29) is 19.1 Å². The van der Waals surface area contributed by atoms with Crippen molar-refractivity contribution in [2.75, 3.05) is 26.3 Å². The molecule has 102 valence electrons. The topological polar surface area (TPSA) is 60.8 Å². The van der Waals surface area contributed by atoms with Crippen LogP contribution >= 0.6 is 0 Å². The number of aliphatic hydroxyl groups excluding tert-OH is 2. The summed E-state index contributed by atoms with van der Waals surface area (Å²) in [5, 5.41) is 17.4. The van der Waals surface area contributed by atoms with Crippen LogP contribution < -0.4 is 0 Å². The van der Waals surface area contributed by atoms with Crippen LogP contribution in [0.25, 0.3) is 0 Å². The molecule has 4 heteroatoms. The van der Waals surface area contributed by atoms with E-state index in [9.17, 15) is 4.79 Å². The largest absolute Gasteiger partial charge is 0.396 e. The summed E-state index contributed by atoms with van der Waals surface area (Å²) >= 11 is 0. The molecule has 0 unspecified atom stereocenters. The molecule has 1 aromatic carbocycles. The van der Waals surface area contributed by atoms with E-state index in [0.29, 0.717) is 25.1 Å². The number of hydrogen-bond donors (Lipinski definition) is 2. The Morgan fingerprint density at radius 3 is 2.47 bits per heavy atom. The minimum atomic E-state index is -0.175. The van der Waals surface area contributed by atoms with E-state index in [2.05, 4.69) is 11.8 Å². The number of amides is 1. The van der Waals surface area contributed by atoms with Crippen molar-refractivity contribution in [3.05, 3.63) is 35.4 Å². The quantitative estimate of drug-likeness (QED) is 0.773. The lowest BCUT2D eigenvalue weighted by molar-refractivity contribution is 0.0754. The third-order valence-corrected chi connectivity index (χ3v) is 2.70. The first-order chi connectivity index (χ1) is 9.22. The second kappa shape index (κ2) is 8.30. The summed E-state index contributed by atoms with van der Waals surface area (Å²) in [6, 6.07) is 6.97. The van der Waals surface area contributed by atoms with Crippen LogP contribution in [0.1, 0.15) is 29.3 Å². The van der Waals surface area contributed by atoms with Crippen LogP contribution in [0, 0.1) is 11.8 Å². The average molecular weight is 261 g/mol. The summed E-state index contributed by atoms with van der Waals surface area (Å²) in [5.74, 6) is 5.29. The standard InChI is InChI=1S/C15H19NO3/c1-2-16(10-4-12-18)15(19)14-8-6-13(7-9-14)5-3-11-17/h6-9,17-18H,2,4,10-12H2,1H3. The highest BCUT2D eigenvalue weighted by atomic mass is 16.3. The minimum absolute atomic E-state index is 0.0439. The van der Waals surface area contributed by atoms with Crippen LogP contribution in [0.3, 0.4) is 0 Å². The molecule has 1 rings (SSSR count). The maximum Gasteiger partial charge on any atom is 0.253 e. The SMILES string of the molecule is CCN(CCCO)C(=O)c1ccc(C#CCO)cc1. The fraction of sp³-hybridized carbons (Fsp3) is 0.400. The fourth-order valence-electron chi connectivity index (χ4n) is 1.69. The highest BCUT2D eigenvalue weighted by Gasteiger charge is 2.13. The van der Waals surface area contributed by atoms with Gasteiger partial charge in [0.25, 0.3) is 5.91 Å². The third kappa shape index (κ3) is 4.74. The number of rotatable bonds is 5. The first-order valence-electron chi connectivity index (χ1n) is 6.32. The number of carbonyl (C=O) groups excluding carboxylic acids is 1. The van der Waals surface area contributed by atoms with Gasteiger partial charge in [-0.3, -0.25) is 4.79 Å². The van der Waals surface area contributed by atoms with Gasteiger partial charge in [-0.15, -0.1) is 0 Å². The predicted molar refractivity (Wildman–Crippen MR) is 73.7 cm³/mol. The number of benzene rings is 1. The van der Waals surface area contributed by atoms with Gasteiger partial charge in [-0.05, 0) is 37.6 Å². The van der Waals surface area contributed by atoms with Crippen LogP contribution in [0.5, 0.6) is 0 Å². The monoisotopic (exact) mass is 261 g/mol. The Morgan fingerprint density at radius 1 is 1.26 bits per heavy atom. The number of hydrogen-bond acceptors (Lipinski definition) is 3. The normalized spacial score (nSPS) is 9.63. The Kier molecular flexibility index (Phi) is 6.65. The lowest BCUT2D eigenvalue weighted by Gasteiger charge is -2.20. The zero-order valence-corrected chi connectivity index (χ0v) is 11.1. The van der Waals surface area contributed by atoms with Crippen molar-refractivity contribution in [2.45, 2.75) is 13.3 Å². The molecule has 4 nitrogen and oxygen atoms in total. The molecule has 0 aliphatic rings. The van der Waals surface area contributed by atoms with Crippen LogP contribution in [-0.2, 0) is 0 Å². The van der Waals surface area contributed by atoms with Crippen molar-refractivity contribution in [1.82, 2.24) is 4.90 Å². The van der Waals surface area contributed by atoms with Crippen LogP contribution in [0.2, 0.25) is 0 Å².